The first-order valence-corrected chi connectivity index (χ1v) is 13.3. The van der Waals surface area contributed by atoms with Gasteiger partial charge in [-0.25, -0.2) is 8.42 Å². The zero-order valence-electron chi connectivity index (χ0n) is 19.2. The number of aromatic nitrogens is 1. The predicted octanol–water partition coefficient (Wildman–Crippen LogP) is 4.97. The van der Waals surface area contributed by atoms with Crippen LogP contribution in [0.3, 0.4) is 0 Å². The molecule has 2 aromatic heterocycles. The lowest BCUT2D eigenvalue weighted by molar-refractivity contribution is -0.140. The first-order chi connectivity index (χ1) is 16.1. The van der Waals surface area contributed by atoms with Crippen molar-refractivity contribution in [3.63, 3.8) is 0 Å². The first-order valence-electron chi connectivity index (χ1n) is 10.8. The number of benzene rings is 2. The fourth-order valence-electron chi connectivity index (χ4n) is 4.04. The average molecular weight is 492 g/mol. The fraction of sp³-hybridized carbons (Fsp3) is 0.222. The molecular weight excluding hydrogens is 466 g/mol. The molecule has 0 radical (unpaired) electrons. The van der Waals surface area contributed by atoms with E-state index >= 15 is 0 Å². The number of sulfone groups is 1. The van der Waals surface area contributed by atoms with E-state index in [9.17, 15) is 18.3 Å². The number of thiophene rings is 1. The molecule has 2 heterocycles. The number of hydrogen-bond donors (Lipinski definition) is 1. The Morgan fingerprint density at radius 1 is 1.06 bits per heavy atom. The van der Waals surface area contributed by atoms with E-state index in [2.05, 4.69) is 11.8 Å². The van der Waals surface area contributed by atoms with E-state index in [0.29, 0.717) is 4.88 Å². The Balaban J connectivity index is 1.56. The van der Waals surface area contributed by atoms with E-state index in [4.69, 9.17) is 0 Å². The number of aryl methyl sites for hydroxylation is 3. The number of carbonyl (C=O) groups is 1. The summed E-state index contributed by atoms with van der Waals surface area (Å²) in [6.45, 7) is 3.97. The molecule has 0 aliphatic rings. The van der Waals surface area contributed by atoms with Gasteiger partial charge in [0.2, 0.25) is 0 Å². The van der Waals surface area contributed by atoms with Crippen molar-refractivity contribution in [1.29, 1.82) is 0 Å². The number of hydrogen-bond acceptors (Lipinski definition) is 4. The van der Waals surface area contributed by atoms with Crippen molar-refractivity contribution in [3.8, 4) is 11.8 Å². The van der Waals surface area contributed by atoms with Crippen molar-refractivity contribution < 1.29 is 18.3 Å². The highest BCUT2D eigenvalue weighted by molar-refractivity contribution is 7.93. The summed E-state index contributed by atoms with van der Waals surface area (Å²) < 4.78 is 28.3. The summed E-state index contributed by atoms with van der Waals surface area (Å²) in [5, 5.41) is 10.8. The minimum Gasteiger partial charge on any atom is -0.481 e. The van der Waals surface area contributed by atoms with E-state index in [1.807, 2.05) is 74.1 Å². The zero-order valence-corrected chi connectivity index (χ0v) is 20.8. The summed E-state index contributed by atoms with van der Waals surface area (Å²) in [4.78, 5) is 12.7. The summed E-state index contributed by atoms with van der Waals surface area (Å²) in [7, 11) is -1.88. The third kappa shape index (κ3) is 5.09. The maximum absolute atomic E-state index is 13.1. The Bertz CT molecular complexity index is 1530. The molecule has 0 aliphatic carbocycles. The molecule has 0 amide bonds. The molecule has 0 saturated heterocycles. The number of carboxylic acid groups (broad SMARTS) is 1. The van der Waals surface area contributed by atoms with Crippen molar-refractivity contribution >= 4 is 38.0 Å². The minimum absolute atomic E-state index is 0.140. The normalized spacial score (nSPS) is 12.3. The van der Waals surface area contributed by atoms with Crippen LogP contribution in [0.15, 0.2) is 65.0 Å². The van der Waals surface area contributed by atoms with Crippen LogP contribution in [0, 0.1) is 31.6 Å². The molecule has 1 N–H and O–H groups in total. The Labute approximate surface area is 203 Å². The van der Waals surface area contributed by atoms with Crippen LogP contribution < -0.4 is 0 Å². The lowest BCUT2D eigenvalue weighted by Gasteiger charge is -2.12. The van der Waals surface area contributed by atoms with E-state index in [1.165, 1.54) is 6.07 Å². The molecule has 0 aliphatic heterocycles. The van der Waals surface area contributed by atoms with E-state index in [0.717, 1.165) is 44.5 Å². The molecule has 1 atom stereocenters. The van der Waals surface area contributed by atoms with Crippen molar-refractivity contribution in [2.75, 3.05) is 5.75 Å². The summed E-state index contributed by atoms with van der Waals surface area (Å²) in [5.74, 6) is 3.40. The Morgan fingerprint density at radius 2 is 1.79 bits per heavy atom. The molecule has 174 valence electrons. The Kier molecular flexibility index (Phi) is 6.65. The number of fused-ring (bicyclic) bond motifs is 1. The SMILES string of the molecule is Cc1ccc(C#Cc2ccc(S(=O)(=O)C[C@H](Cc3cn(C)c4cccc(C)c34)C(=O)O)s2)cc1. The smallest absolute Gasteiger partial charge is 0.307 e. The second kappa shape index (κ2) is 9.49. The molecule has 0 saturated carbocycles. The molecule has 4 rings (SSSR count). The molecule has 0 fully saturated rings. The minimum atomic E-state index is -3.79. The van der Waals surface area contributed by atoms with Crippen LogP contribution in [0.2, 0.25) is 0 Å². The lowest BCUT2D eigenvalue weighted by Crippen LogP contribution is -2.25. The summed E-state index contributed by atoms with van der Waals surface area (Å²) in [5.41, 5.74) is 4.86. The molecule has 4 aromatic rings. The summed E-state index contributed by atoms with van der Waals surface area (Å²) >= 11 is 1.07. The Morgan fingerprint density at radius 3 is 2.50 bits per heavy atom. The van der Waals surface area contributed by atoms with Gasteiger partial charge in [0.1, 0.15) is 4.21 Å². The summed E-state index contributed by atoms with van der Waals surface area (Å²) in [6, 6.07) is 16.9. The number of aliphatic carboxylic acids is 1. The molecule has 34 heavy (non-hydrogen) atoms. The van der Waals surface area contributed by atoms with Crippen LogP contribution in [0.4, 0.5) is 0 Å². The molecular formula is C27H25NO4S2. The molecule has 0 spiro atoms. The maximum Gasteiger partial charge on any atom is 0.307 e. The first kappa shape index (κ1) is 23.8. The topological polar surface area (TPSA) is 76.4 Å². The molecule has 5 nitrogen and oxygen atoms in total. The van der Waals surface area contributed by atoms with Crippen molar-refractivity contribution in [1.82, 2.24) is 4.57 Å². The van der Waals surface area contributed by atoms with Gasteiger partial charge in [-0.3, -0.25) is 4.79 Å². The van der Waals surface area contributed by atoms with Crippen molar-refractivity contribution in [2.45, 2.75) is 24.5 Å². The van der Waals surface area contributed by atoms with Crippen molar-refractivity contribution in [3.05, 3.63) is 87.9 Å². The highest BCUT2D eigenvalue weighted by atomic mass is 32.2. The Hall–Kier alpha value is -3.34. The van der Waals surface area contributed by atoms with Crippen LogP contribution in [0.5, 0.6) is 0 Å². The van der Waals surface area contributed by atoms with Gasteiger partial charge in [0, 0.05) is 29.7 Å². The van der Waals surface area contributed by atoms with Gasteiger partial charge in [-0.2, -0.15) is 0 Å². The summed E-state index contributed by atoms with van der Waals surface area (Å²) in [6.07, 6.45) is 2.03. The van der Waals surface area contributed by atoms with Crippen LogP contribution >= 0.6 is 11.3 Å². The van der Waals surface area contributed by atoms with Gasteiger partial charge in [-0.15, -0.1) is 11.3 Å². The van der Waals surface area contributed by atoms with Gasteiger partial charge in [0.15, 0.2) is 9.84 Å². The van der Waals surface area contributed by atoms with Gasteiger partial charge in [0.05, 0.1) is 16.5 Å². The monoisotopic (exact) mass is 491 g/mol. The fourth-order valence-corrected chi connectivity index (χ4v) is 6.84. The quantitative estimate of drug-likeness (QED) is 0.386. The third-order valence-electron chi connectivity index (χ3n) is 5.81. The van der Waals surface area contributed by atoms with Crippen LogP contribution in [0.25, 0.3) is 10.9 Å². The van der Waals surface area contributed by atoms with Crippen molar-refractivity contribution in [2.24, 2.45) is 13.0 Å². The van der Waals surface area contributed by atoms with Gasteiger partial charge in [0.25, 0.3) is 0 Å². The largest absolute Gasteiger partial charge is 0.481 e. The van der Waals surface area contributed by atoms with E-state index in [-0.39, 0.29) is 10.6 Å². The standard InChI is InChI=1S/C27H25NO4S2/c1-18-7-9-20(10-8-18)11-12-23-13-14-25(33-23)34(31,32)17-22(27(29)30)15-21-16-28(3)24-6-4-5-19(2)26(21)24/h4-10,13-14,16,22H,15,17H2,1-3H3,(H,29,30)/t22-/m0/s1. The van der Waals surface area contributed by atoms with Gasteiger partial charge in [-0.1, -0.05) is 41.7 Å². The predicted molar refractivity (Wildman–Crippen MR) is 136 cm³/mol. The number of rotatable bonds is 6. The highest BCUT2D eigenvalue weighted by Gasteiger charge is 2.29. The number of carboxylic acids is 1. The molecule has 0 bridgehead atoms. The van der Waals surface area contributed by atoms with Gasteiger partial charge < -0.3 is 9.67 Å². The molecule has 2 aromatic carbocycles. The second-order valence-electron chi connectivity index (χ2n) is 8.49. The highest BCUT2D eigenvalue weighted by Crippen LogP contribution is 2.29. The van der Waals surface area contributed by atoms with Gasteiger partial charge >= 0.3 is 5.97 Å². The number of nitrogens with zero attached hydrogens (tertiary/aromatic N) is 1. The van der Waals surface area contributed by atoms with Crippen LogP contribution in [-0.4, -0.2) is 29.8 Å². The van der Waals surface area contributed by atoms with E-state index < -0.39 is 27.5 Å². The second-order valence-corrected chi connectivity index (χ2v) is 11.8. The van der Waals surface area contributed by atoms with Gasteiger partial charge in [-0.05, 0) is 61.7 Å². The molecule has 7 heteroatoms. The maximum atomic E-state index is 13.1. The van der Waals surface area contributed by atoms with Crippen LogP contribution in [-0.2, 0) is 28.1 Å². The van der Waals surface area contributed by atoms with Crippen LogP contribution in [0.1, 0.15) is 27.1 Å². The lowest BCUT2D eigenvalue weighted by atomic mass is 9.98. The average Bonchev–Trinajstić information content (AvgIpc) is 3.39. The third-order valence-corrected chi connectivity index (χ3v) is 9.20. The zero-order chi connectivity index (χ0) is 24.5. The molecule has 0 unspecified atom stereocenters. The van der Waals surface area contributed by atoms with E-state index in [1.54, 1.807) is 6.07 Å².